The first-order valence-corrected chi connectivity index (χ1v) is 9.26. The highest BCUT2D eigenvalue weighted by atomic mass is 16.7. The fourth-order valence-electron chi connectivity index (χ4n) is 3.29. The third-order valence-corrected chi connectivity index (χ3v) is 4.62. The van der Waals surface area contributed by atoms with Gasteiger partial charge in [0.1, 0.15) is 19.0 Å². The average molecular weight is 371 g/mol. The van der Waals surface area contributed by atoms with Crippen LogP contribution >= 0.6 is 0 Å². The fourth-order valence-corrected chi connectivity index (χ4v) is 3.29. The summed E-state index contributed by atoms with van der Waals surface area (Å²) in [7, 11) is 0. The van der Waals surface area contributed by atoms with Crippen molar-refractivity contribution in [2.75, 3.05) is 0 Å². The summed E-state index contributed by atoms with van der Waals surface area (Å²) in [6.45, 7) is 12.3. The average Bonchev–Trinajstić information content (AvgIpc) is 2.70. The monoisotopic (exact) mass is 371 g/mol. The molecule has 0 N–H and O–H groups in total. The number of benzene rings is 2. The number of nitrogens with zero attached hydrogens (tertiary/aromatic N) is 2. The first-order chi connectivity index (χ1) is 13.6. The van der Waals surface area contributed by atoms with Crippen molar-refractivity contribution in [3.63, 3.8) is 0 Å². The van der Waals surface area contributed by atoms with Crippen molar-refractivity contribution in [1.29, 1.82) is 0 Å². The minimum atomic E-state index is -0.449. The third kappa shape index (κ3) is 3.62. The van der Waals surface area contributed by atoms with E-state index in [0.29, 0.717) is 0 Å². The molecule has 0 saturated heterocycles. The Morgan fingerprint density at radius 3 is 2.61 bits per heavy atom. The van der Waals surface area contributed by atoms with E-state index in [1.807, 2.05) is 83.4 Å². The smallest absolute Gasteiger partial charge is 0.248 e. The molecular weight excluding hydrogens is 348 g/mol. The summed E-state index contributed by atoms with van der Waals surface area (Å²) in [5.41, 5.74) is 3.73. The molecule has 1 atom stereocenters. The molecule has 0 aromatic heterocycles. The van der Waals surface area contributed by atoms with Crippen LogP contribution in [0, 0.1) is 6.54 Å². The minimum Gasteiger partial charge on any atom is -0.492 e. The SMILES string of the molecule is C=[N+]1C=C2C=CCC=C2OC(C)Oc2ccccc2[CH-][N+](=C)c2ccccc21. The number of allylic oxidation sites excluding steroid dienone is 3. The maximum Gasteiger partial charge on any atom is 0.248 e. The molecule has 0 bridgehead atoms. The van der Waals surface area contributed by atoms with E-state index < -0.39 is 6.29 Å². The van der Waals surface area contributed by atoms with Crippen LogP contribution < -0.4 is 4.74 Å². The van der Waals surface area contributed by atoms with E-state index in [0.717, 1.165) is 40.4 Å². The van der Waals surface area contributed by atoms with Gasteiger partial charge in [0.25, 0.3) is 0 Å². The fraction of sp³-hybridized carbons (Fsp3) is 0.125. The molecule has 4 nitrogen and oxygen atoms in total. The van der Waals surface area contributed by atoms with Gasteiger partial charge < -0.3 is 9.47 Å². The molecule has 140 valence electrons. The van der Waals surface area contributed by atoms with Crippen LogP contribution in [0.2, 0.25) is 0 Å². The Morgan fingerprint density at radius 1 is 1.00 bits per heavy atom. The van der Waals surface area contributed by atoms with Crippen LogP contribution in [0.4, 0.5) is 11.4 Å². The standard InChI is InChI=1S/C24H23N2O2/c1-18-27-23-14-8-4-10-19(23)16-25(2)21-12-6-7-13-22(21)26(3)17-20-11-5-9-15-24(20)28-18/h4-8,10-18H,2-3,9H2,1H3/q+1. The summed E-state index contributed by atoms with van der Waals surface area (Å²) in [6, 6.07) is 15.9. The normalized spacial score (nSPS) is 19.0. The van der Waals surface area contributed by atoms with Crippen LogP contribution in [0.25, 0.3) is 0 Å². The lowest BCUT2D eigenvalue weighted by atomic mass is 10.1. The molecule has 2 aromatic carbocycles. The Hall–Kier alpha value is -3.53. The molecule has 1 aliphatic heterocycles. The van der Waals surface area contributed by atoms with Crippen molar-refractivity contribution < 1.29 is 18.6 Å². The summed E-state index contributed by atoms with van der Waals surface area (Å²) in [4.78, 5) is 0. The number of para-hydroxylation sites is 3. The van der Waals surface area contributed by atoms with Crippen molar-refractivity contribution in [2.45, 2.75) is 19.6 Å². The topological polar surface area (TPSA) is 24.5 Å². The zero-order valence-electron chi connectivity index (χ0n) is 15.9. The van der Waals surface area contributed by atoms with Crippen LogP contribution in [-0.4, -0.2) is 28.9 Å². The van der Waals surface area contributed by atoms with Crippen LogP contribution in [0.3, 0.4) is 0 Å². The molecular formula is C24H23N2O2+. The zero-order chi connectivity index (χ0) is 19.5. The van der Waals surface area contributed by atoms with E-state index in [4.69, 9.17) is 9.47 Å². The molecule has 0 radical (unpaired) electrons. The number of ether oxygens (including phenoxy) is 2. The van der Waals surface area contributed by atoms with Gasteiger partial charge in [0.05, 0.1) is 18.0 Å². The zero-order valence-corrected chi connectivity index (χ0v) is 15.9. The molecule has 0 spiro atoms. The summed E-state index contributed by atoms with van der Waals surface area (Å²) in [5.74, 6) is 1.53. The van der Waals surface area contributed by atoms with E-state index in [9.17, 15) is 0 Å². The van der Waals surface area contributed by atoms with Crippen molar-refractivity contribution in [3.8, 4) is 5.75 Å². The van der Waals surface area contributed by atoms with Crippen molar-refractivity contribution >= 4 is 24.8 Å². The highest BCUT2D eigenvalue weighted by Gasteiger charge is 2.21. The van der Waals surface area contributed by atoms with Gasteiger partial charge in [-0.3, -0.25) is 4.58 Å². The summed E-state index contributed by atoms with van der Waals surface area (Å²) in [5, 5.41) is 0. The minimum absolute atomic E-state index is 0.449. The summed E-state index contributed by atoms with van der Waals surface area (Å²) >= 11 is 0. The lowest BCUT2D eigenvalue weighted by Crippen LogP contribution is -2.18. The van der Waals surface area contributed by atoms with Crippen LogP contribution in [0.1, 0.15) is 18.9 Å². The third-order valence-electron chi connectivity index (χ3n) is 4.62. The van der Waals surface area contributed by atoms with Gasteiger partial charge in [0.2, 0.25) is 17.7 Å². The Kier molecular flexibility index (Phi) is 4.85. The molecule has 0 saturated carbocycles. The summed E-state index contributed by atoms with van der Waals surface area (Å²) in [6.07, 6.45) is 8.53. The van der Waals surface area contributed by atoms with Gasteiger partial charge in [-0.2, -0.15) is 4.58 Å². The second-order valence-electron chi connectivity index (χ2n) is 6.69. The Bertz CT molecular complexity index is 1030. The quantitative estimate of drug-likeness (QED) is 0.477. The van der Waals surface area contributed by atoms with Crippen molar-refractivity contribution in [3.05, 3.63) is 96.4 Å². The number of rotatable bonds is 0. The van der Waals surface area contributed by atoms with E-state index in [-0.39, 0.29) is 0 Å². The predicted octanol–water partition coefficient (Wildman–Crippen LogP) is 5.07. The summed E-state index contributed by atoms with van der Waals surface area (Å²) < 4.78 is 15.9. The maximum atomic E-state index is 6.11. The highest BCUT2D eigenvalue weighted by Crippen LogP contribution is 2.32. The molecule has 2 aromatic rings. The second-order valence-corrected chi connectivity index (χ2v) is 6.69. The Balaban J connectivity index is 1.84. The molecule has 1 unspecified atom stereocenters. The van der Waals surface area contributed by atoms with Gasteiger partial charge in [-0.15, -0.1) is 6.07 Å². The lowest BCUT2D eigenvalue weighted by Gasteiger charge is -2.23. The highest BCUT2D eigenvalue weighted by molar-refractivity contribution is 5.56. The molecule has 2 aliphatic rings. The van der Waals surface area contributed by atoms with E-state index in [1.54, 1.807) is 0 Å². The molecule has 4 rings (SSSR count). The molecule has 0 fully saturated rings. The van der Waals surface area contributed by atoms with Gasteiger partial charge >= 0.3 is 0 Å². The van der Waals surface area contributed by atoms with Gasteiger partial charge in [0, 0.05) is 13.0 Å². The Morgan fingerprint density at radius 2 is 1.75 bits per heavy atom. The number of fused-ring (bicyclic) bond motifs is 3. The van der Waals surface area contributed by atoms with E-state index in [2.05, 4.69) is 25.6 Å². The van der Waals surface area contributed by atoms with Crippen molar-refractivity contribution in [2.24, 2.45) is 0 Å². The maximum absolute atomic E-state index is 6.11. The van der Waals surface area contributed by atoms with Gasteiger partial charge in [-0.1, -0.05) is 36.4 Å². The van der Waals surface area contributed by atoms with Crippen molar-refractivity contribution in [1.82, 2.24) is 0 Å². The van der Waals surface area contributed by atoms with E-state index in [1.165, 1.54) is 0 Å². The van der Waals surface area contributed by atoms with Gasteiger partial charge in [-0.25, -0.2) is 0 Å². The lowest BCUT2D eigenvalue weighted by molar-refractivity contribution is -0.404. The number of hydrogen-bond donors (Lipinski definition) is 0. The molecule has 4 heteroatoms. The first-order valence-electron chi connectivity index (χ1n) is 9.26. The van der Waals surface area contributed by atoms with Crippen LogP contribution in [0.15, 0.2) is 84.3 Å². The van der Waals surface area contributed by atoms with E-state index >= 15 is 0 Å². The second kappa shape index (κ2) is 7.61. The molecule has 1 aliphatic carbocycles. The molecule has 1 heterocycles. The predicted molar refractivity (Wildman–Crippen MR) is 111 cm³/mol. The van der Waals surface area contributed by atoms with Crippen LogP contribution in [-0.2, 0) is 4.74 Å². The van der Waals surface area contributed by atoms with Gasteiger partial charge in [0.15, 0.2) is 6.20 Å². The van der Waals surface area contributed by atoms with Gasteiger partial charge in [-0.05, 0) is 30.2 Å². The largest absolute Gasteiger partial charge is 0.492 e. The van der Waals surface area contributed by atoms with Crippen LogP contribution in [0.5, 0.6) is 5.75 Å². The molecule has 0 amide bonds. The number of hydrogen-bond acceptors (Lipinski definition) is 2. The first kappa shape index (κ1) is 17.9. The molecule has 28 heavy (non-hydrogen) atoms. The Labute approximate surface area is 165 Å².